The van der Waals surface area contributed by atoms with Gasteiger partial charge in [0.25, 0.3) is 0 Å². The maximum Gasteiger partial charge on any atom is 0.540 e. The molecule has 0 fully saturated rings. The molecule has 4 rings (SSSR count). The number of hydrogen-bond donors (Lipinski definition) is 0. The summed E-state index contributed by atoms with van der Waals surface area (Å²) in [7, 11) is 0. The van der Waals surface area contributed by atoms with E-state index in [9.17, 15) is 39.5 Å². The SMILES string of the molecule is Cc1cc([B-](c2c(F)c(F)c(F)c(F)c2F)(c2c(F)c(F)c(F)c(F)c2F)c2c(F)c(F)c(F)c(F)c2F)ccc1[O][Al]([CH3])[CH3]. The van der Waals surface area contributed by atoms with Crippen molar-refractivity contribution in [3.05, 3.63) is 111 Å². The van der Waals surface area contributed by atoms with Crippen LogP contribution in [0.25, 0.3) is 0 Å². The van der Waals surface area contributed by atoms with Gasteiger partial charge in [0.1, 0.15) is 41.0 Å². The lowest BCUT2D eigenvalue weighted by Crippen LogP contribution is -2.79. The Kier molecular flexibility index (Phi) is 8.99. The van der Waals surface area contributed by atoms with Gasteiger partial charge in [-0.15, -0.1) is 16.4 Å². The Morgan fingerprint density at radius 1 is 0.444 bits per heavy atom. The minimum absolute atomic E-state index is 0.155. The van der Waals surface area contributed by atoms with Gasteiger partial charge in [-0.1, -0.05) is 23.7 Å². The van der Waals surface area contributed by atoms with Crippen molar-refractivity contribution in [3.8, 4) is 5.75 Å². The average molecular weight is 675 g/mol. The highest BCUT2D eigenvalue weighted by atomic mass is 27.2. The van der Waals surface area contributed by atoms with E-state index in [0.29, 0.717) is 12.1 Å². The quantitative estimate of drug-likeness (QED) is 0.104. The molecule has 0 amide bonds. The van der Waals surface area contributed by atoms with Gasteiger partial charge in [0.05, 0.1) is 5.75 Å². The van der Waals surface area contributed by atoms with Crippen molar-refractivity contribution >= 4 is 42.5 Å². The van der Waals surface area contributed by atoms with E-state index in [1.165, 1.54) is 0 Å². The Hall–Kier alpha value is -3.77. The third-order valence-electron chi connectivity index (χ3n) is 7.09. The van der Waals surface area contributed by atoms with Gasteiger partial charge >= 0.3 is 14.5 Å². The fraction of sp³-hybridized carbons (Fsp3) is 0.111. The molecule has 0 aliphatic carbocycles. The van der Waals surface area contributed by atoms with E-state index in [1.54, 1.807) is 11.6 Å². The summed E-state index contributed by atoms with van der Waals surface area (Å²) in [6.45, 7) is 1.06. The normalized spacial score (nSPS) is 11.8. The van der Waals surface area contributed by atoms with E-state index < -0.39 is 130 Å². The van der Waals surface area contributed by atoms with E-state index in [1.807, 2.05) is 0 Å². The van der Waals surface area contributed by atoms with Gasteiger partial charge in [-0.2, -0.15) is 5.46 Å². The molecule has 18 heteroatoms. The fourth-order valence-electron chi connectivity index (χ4n) is 5.27. The summed E-state index contributed by atoms with van der Waals surface area (Å²) in [5, 5.41) is 0. The lowest BCUT2D eigenvalue weighted by molar-refractivity contribution is 0.380. The molecule has 0 unspecified atom stereocenters. The average Bonchev–Trinajstić information content (AvgIpc) is 2.99. The van der Waals surface area contributed by atoms with Crippen molar-refractivity contribution in [1.29, 1.82) is 0 Å². The molecule has 0 N–H and O–H groups in total. The van der Waals surface area contributed by atoms with Gasteiger partial charge < -0.3 is 3.79 Å². The third kappa shape index (κ3) is 4.93. The highest BCUT2D eigenvalue weighted by Crippen LogP contribution is 2.29. The van der Waals surface area contributed by atoms with Crippen LogP contribution in [0.4, 0.5) is 65.9 Å². The van der Waals surface area contributed by atoms with Crippen LogP contribution in [-0.2, 0) is 0 Å². The molecule has 0 atom stereocenters. The number of hydrogen-bond acceptors (Lipinski definition) is 1. The molecule has 0 aromatic heterocycles. The topological polar surface area (TPSA) is 9.23 Å². The van der Waals surface area contributed by atoms with Crippen LogP contribution in [0.3, 0.4) is 0 Å². The lowest BCUT2D eigenvalue weighted by Gasteiger charge is -2.45. The zero-order chi connectivity index (χ0) is 34.0. The molecule has 0 radical (unpaired) electrons. The Balaban J connectivity index is 2.53. The first-order chi connectivity index (χ1) is 20.8. The number of halogens is 15. The van der Waals surface area contributed by atoms with Crippen molar-refractivity contribution in [2.24, 2.45) is 0 Å². The molecule has 0 saturated carbocycles. The van der Waals surface area contributed by atoms with Crippen LogP contribution in [0, 0.1) is 94.2 Å². The standard InChI is InChI=1S/C25H7BF15O.2CH3.Al/c1-5-4-6(2-3-7(5)42)26(8-11(27)17(33)23(39)18(34)12(8)28,9-13(29)19(35)24(40)20(36)14(9)30)10-15(31)21(37)25(41)22(38)16(10)32;;;/h2-4,42H,1H3;2*1H3;/q-1;;;+1/p-1. The summed E-state index contributed by atoms with van der Waals surface area (Å²) in [5.74, 6) is -42.6. The van der Waals surface area contributed by atoms with Crippen molar-refractivity contribution < 1.29 is 69.6 Å². The Bertz CT molecular complexity index is 1640. The second-order valence-electron chi connectivity index (χ2n) is 10.0. The lowest BCUT2D eigenvalue weighted by atomic mass is 9.12. The summed E-state index contributed by atoms with van der Waals surface area (Å²) in [6, 6.07) is 1.64. The Morgan fingerprint density at radius 2 is 0.711 bits per heavy atom. The largest absolute Gasteiger partial charge is 0.643 e. The van der Waals surface area contributed by atoms with Crippen molar-refractivity contribution in [3.63, 3.8) is 0 Å². The second-order valence-corrected chi connectivity index (χ2v) is 12.3. The maximum atomic E-state index is 15.7. The van der Waals surface area contributed by atoms with Gasteiger partial charge in [-0.05, 0) is 18.6 Å². The van der Waals surface area contributed by atoms with Crippen LogP contribution in [0.2, 0.25) is 11.6 Å². The van der Waals surface area contributed by atoms with Gasteiger partial charge in [0, 0.05) is 0 Å². The van der Waals surface area contributed by atoms with Crippen LogP contribution in [0.1, 0.15) is 5.56 Å². The molecule has 0 heterocycles. The highest BCUT2D eigenvalue weighted by Gasteiger charge is 2.49. The summed E-state index contributed by atoms with van der Waals surface area (Å²) in [4.78, 5) is 0. The van der Waals surface area contributed by atoms with E-state index in [-0.39, 0.29) is 11.3 Å². The first-order valence-electron chi connectivity index (χ1n) is 12.3. The van der Waals surface area contributed by atoms with Gasteiger partial charge in [-0.3, -0.25) is 0 Å². The highest BCUT2D eigenvalue weighted by molar-refractivity contribution is 7.20. The van der Waals surface area contributed by atoms with E-state index in [2.05, 4.69) is 0 Å². The first kappa shape index (κ1) is 34.1. The number of aryl methyl sites for hydroxylation is 1. The van der Waals surface area contributed by atoms with Crippen LogP contribution in [0.5, 0.6) is 5.75 Å². The molecule has 1 nitrogen and oxygen atoms in total. The second kappa shape index (κ2) is 11.9. The zero-order valence-electron chi connectivity index (χ0n) is 22.5. The maximum absolute atomic E-state index is 15.7. The molecule has 0 bridgehead atoms. The van der Waals surface area contributed by atoms with Gasteiger partial charge in [0.2, 0.25) is 0 Å². The number of rotatable bonds is 6. The third-order valence-corrected chi connectivity index (χ3v) is 7.82. The van der Waals surface area contributed by atoms with Crippen molar-refractivity contribution in [2.75, 3.05) is 0 Å². The first-order valence-corrected chi connectivity index (χ1v) is 15.1. The Labute approximate surface area is 247 Å². The monoisotopic (exact) mass is 675 g/mol. The molecule has 238 valence electrons. The number of benzene rings is 4. The fourth-order valence-corrected chi connectivity index (χ4v) is 6.04. The summed E-state index contributed by atoms with van der Waals surface area (Å²) < 4.78 is 230. The molecular formula is C27H12AlBF15O-. The van der Waals surface area contributed by atoms with Crippen molar-refractivity contribution in [2.45, 2.75) is 18.5 Å². The molecule has 0 aliphatic heterocycles. The molecular weight excluding hydrogens is 663 g/mol. The molecule has 4 aromatic rings. The molecule has 4 aromatic carbocycles. The van der Waals surface area contributed by atoms with Crippen molar-refractivity contribution in [1.82, 2.24) is 0 Å². The van der Waals surface area contributed by atoms with Crippen LogP contribution >= 0.6 is 0 Å². The van der Waals surface area contributed by atoms with E-state index in [0.717, 1.165) is 13.0 Å². The molecule has 0 aliphatic rings. The summed E-state index contributed by atoms with van der Waals surface area (Å²) >= 11 is -2.05. The molecule has 0 spiro atoms. The van der Waals surface area contributed by atoms with Crippen LogP contribution in [0.15, 0.2) is 18.2 Å². The van der Waals surface area contributed by atoms with Gasteiger partial charge in [0.15, 0.2) is 52.4 Å². The predicted octanol–water partition coefficient (Wildman–Crippen LogP) is 6.09. The molecule has 45 heavy (non-hydrogen) atoms. The minimum atomic E-state index is -5.82. The zero-order valence-corrected chi connectivity index (χ0v) is 23.6. The summed E-state index contributed by atoms with van der Waals surface area (Å²) in [5.41, 5.74) is -9.78. The summed E-state index contributed by atoms with van der Waals surface area (Å²) in [6.07, 6.45) is -5.82. The van der Waals surface area contributed by atoms with Crippen LogP contribution in [-0.4, -0.2) is 20.6 Å². The van der Waals surface area contributed by atoms with E-state index >= 15 is 26.3 Å². The molecule has 0 saturated heterocycles. The smallest absolute Gasteiger partial charge is 0.540 e. The minimum Gasteiger partial charge on any atom is -0.643 e. The van der Waals surface area contributed by atoms with Gasteiger partial charge in [-0.25, -0.2) is 65.9 Å². The Morgan fingerprint density at radius 3 is 0.956 bits per heavy atom. The van der Waals surface area contributed by atoms with Crippen LogP contribution < -0.4 is 25.6 Å². The predicted molar refractivity (Wildman–Crippen MR) is 132 cm³/mol. The van der Waals surface area contributed by atoms with E-state index in [4.69, 9.17) is 3.79 Å².